The zero-order valence-electron chi connectivity index (χ0n) is 12.9. The van der Waals surface area contributed by atoms with E-state index in [0.29, 0.717) is 12.2 Å². The number of rotatable bonds is 6. The first kappa shape index (κ1) is 18.1. The van der Waals surface area contributed by atoms with Crippen molar-refractivity contribution in [1.82, 2.24) is 0 Å². The maximum atomic E-state index is 12.9. The van der Waals surface area contributed by atoms with Gasteiger partial charge in [0.25, 0.3) is 0 Å². The molecule has 0 aliphatic rings. The quantitative estimate of drug-likeness (QED) is 0.737. The molecule has 1 aromatic rings. The summed E-state index contributed by atoms with van der Waals surface area (Å²) in [5.41, 5.74) is 0.161. The van der Waals surface area contributed by atoms with E-state index in [9.17, 15) is 18.0 Å². The van der Waals surface area contributed by atoms with Crippen LogP contribution < -0.4 is 9.64 Å². The van der Waals surface area contributed by atoms with Gasteiger partial charge in [-0.15, -0.1) is 6.58 Å². The molecule has 0 saturated heterocycles. The molecule has 0 spiro atoms. The van der Waals surface area contributed by atoms with Crippen molar-refractivity contribution in [3.05, 3.63) is 36.9 Å². The summed E-state index contributed by atoms with van der Waals surface area (Å²) in [7, 11) is 1.46. The third-order valence-electron chi connectivity index (χ3n) is 3.13. The minimum atomic E-state index is -4.95. The summed E-state index contributed by atoms with van der Waals surface area (Å²) in [6, 6.07) is 5.16. The van der Waals surface area contributed by atoms with Crippen molar-refractivity contribution >= 4 is 11.6 Å². The van der Waals surface area contributed by atoms with Gasteiger partial charge < -0.3 is 4.74 Å². The Labute approximate surface area is 128 Å². The molecule has 0 aromatic heterocycles. The first-order valence-corrected chi connectivity index (χ1v) is 6.87. The van der Waals surface area contributed by atoms with Gasteiger partial charge in [0.1, 0.15) is 5.75 Å². The van der Waals surface area contributed by atoms with Gasteiger partial charge in [0, 0.05) is 5.69 Å². The number of methoxy groups -OCH3 is 1. The normalized spacial score (nSPS) is 12.9. The van der Waals surface area contributed by atoms with Crippen LogP contribution in [0.1, 0.15) is 20.3 Å². The second kappa shape index (κ2) is 7.33. The lowest BCUT2D eigenvalue weighted by molar-refractivity contribution is -0.170. The van der Waals surface area contributed by atoms with Gasteiger partial charge in [0.2, 0.25) is 0 Å². The molecule has 0 radical (unpaired) electrons. The van der Waals surface area contributed by atoms with Gasteiger partial charge in [-0.3, -0.25) is 9.69 Å². The molecule has 0 N–H and O–H groups in total. The third-order valence-corrected chi connectivity index (χ3v) is 3.13. The van der Waals surface area contributed by atoms with Gasteiger partial charge in [-0.05, 0) is 36.6 Å². The van der Waals surface area contributed by atoms with Gasteiger partial charge >= 0.3 is 12.1 Å². The summed E-state index contributed by atoms with van der Waals surface area (Å²) in [6.07, 6.45) is -3.19. The SMILES string of the molecule is C=CC(CC(C)C)N(C(=O)C(F)(F)F)c1ccc(OC)cc1. The molecule has 1 aromatic carbocycles. The Morgan fingerprint density at radius 3 is 2.23 bits per heavy atom. The number of benzene rings is 1. The van der Waals surface area contributed by atoms with Crippen LogP contribution in [0.25, 0.3) is 0 Å². The predicted octanol–water partition coefficient (Wildman–Crippen LogP) is 4.19. The maximum Gasteiger partial charge on any atom is 0.471 e. The molecule has 1 atom stereocenters. The highest BCUT2D eigenvalue weighted by atomic mass is 19.4. The highest BCUT2D eigenvalue weighted by Crippen LogP contribution is 2.29. The van der Waals surface area contributed by atoms with Gasteiger partial charge in [-0.25, -0.2) is 0 Å². The van der Waals surface area contributed by atoms with Gasteiger partial charge in [-0.1, -0.05) is 19.9 Å². The van der Waals surface area contributed by atoms with E-state index in [1.807, 2.05) is 13.8 Å². The molecule has 0 bridgehead atoms. The number of hydrogen-bond donors (Lipinski definition) is 0. The number of alkyl halides is 3. The number of ether oxygens (including phenoxy) is 1. The predicted molar refractivity (Wildman–Crippen MR) is 80.0 cm³/mol. The number of amides is 1. The molecule has 1 unspecified atom stereocenters. The van der Waals surface area contributed by atoms with Crippen LogP contribution >= 0.6 is 0 Å². The van der Waals surface area contributed by atoms with Crippen molar-refractivity contribution in [2.75, 3.05) is 12.0 Å². The summed E-state index contributed by atoms with van der Waals surface area (Å²) >= 11 is 0. The Bertz CT molecular complexity index is 509. The molecule has 22 heavy (non-hydrogen) atoms. The largest absolute Gasteiger partial charge is 0.497 e. The van der Waals surface area contributed by atoms with Crippen LogP contribution in [0.15, 0.2) is 36.9 Å². The lowest BCUT2D eigenvalue weighted by atomic mass is 10.0. The van der Waals surface area contributed by atoms with Gasteiger partial charge in [0.15, 0.2) is 0 Å². The van der Waals surface area contributed by atoms with Crippen LogP contribution in [0, 0.1) is 5.92 Å². The number of halogens is 3. The fourth-order valence-electron chi connectivity index (χ4n) is 2.13. The Morgan fingerprint density at radius 2 is 1.86 bits per heavy atom. The van der Waals surface area contributed by atoms with E-state index in [4.69, 9.17) is 4.74 Å². The van der Waals surface area contributed by atoms with Crippen LogP contribution in [0.2, 0.25) is 0 Å². The minimum Gasteiger partial charge on any atom is -0.497 e. The smallest absolute Gasteiger partial charge is 0.471 e. The average molecular weight is 315 g/mol. The molecule has 1 amide bonds. The molecule has 122 valence electrons. The monoisotopic (exact) mass is 315 g/mol. The van der Waals surface area contributed by atoms with E-state index in [0.717, 1.165) is 4.90 Å². The zero-order valence-corrected chi connectivity index (χ0v) is 12.9. The van der Waals surface area contributed by atoms with E-state index >= 15 is 0 Å². The molecule has 0 aliphatic heterocycles. The van der Waals surface area contributed by atoms with E-state index in [1.54, 1.807) is 0 Å². The van der Waals surface area contributed by atoms with E-state index in [-0.39, 0.29) is 11.6 Å². The molecular formula is C16H20F3NO2. The Balaban J connectivity index is 3.25. The molecule has 0 aliphatic carbocycles. The second-order valence-corrected chi connectivity index (χ2v) is 5.30. The van der Waals surface area contributed by atoms with Crippen molar-refractivity contribution in [3.8, 4) is 5.75 Å². The van der Waals surface area contributed by atoms with Crippen LogP contribution in [0.5, 0.6) is 5.75 Å². The van der Waals surface area contributed by atoms with Crippen LogP contribution in [-0.2, 0) is 4.79 Å². The lowest BCUT2D eigenvalue weighted by Gasteiger charge is -2.31. The highest BCUT2D eigenvalue weighted by Gasteiger charge is 2.44. The first-order chi connectivity index (χ1) is 10.2. The van der Waals surface area contributed by atoms with Crippen molar-refractivity contribution in [2.45, 2.75) is 32.5 Å². The maximum absolute atomic E-state index is 12.9. The Kier molecular flexibility index (Phi) is 6.02. The van der Waals surface area contributed by atoms with Crippen molar-refractivity contribution in [1.29, 1.82) is 0 Å². The molecule has 3 nitrogen and oxygen atoms in total. The van der Waals surface area contributed by atoms with Crippen molar-refractivity contribution < 1.29 is 22.7 Å². The van der Waals surface area contributed by atoms with Gasteiger partial charge in [0.05, 0.1) is 13.2 Å². The van der Waals surface area contributed by atoms with Crippen LogP contribution in [-0.4, -0.2) is 25.2 Å². The van der Waals surface area contributed by atoms with Crippen molar-refractivity contribution in [3.63, 3.8) is 0 Å². The van der Waals surface area contributed by atoms with Crippen LogP contribution in [0.4, 0.5) is 18.9 Å². The highest BCUT2D eigenvalue weighted by molar-refractivity contribution is 5.98. The molecule has 0 heterocycles. The Morgan fingerprint density at radius 1 is 1.32 bits per heavy atom. The first-order valence-electron chi connectivity index (χ1n) is 6.87. The van der Waals surface area contributed by atoms with Crippen molar-refractivity contribution in [2.24, 2.45) is 5.92 Å². The second-order valence-electron chi connectivity index (χ2n) is 5.30. The minimum absolute atomic E-state index is 0.116. The standard InChI is InChI=1S/C16H20F3NO2/c1-5-12(10-11(2)3)20(15(21)16(17,18)19)13-6-8-14(22-4)9-7-13/h5-9,11-12H,1,10H2,2-4H3. The number of anilines is 1. The third kappa shape index (κ3) is 4.51. The fraction of sp³-hybridized carbons (Fsp3) is 0.438. The topological polar surface area (TPSA) is 29.5 Å². The summed E-state index contributed by atoms with van der Waals surface area (Å²) in [5.74, 6) is -1.28. The molecule has 0 saturated carbocycles. The van der Waals surface area contributed by atoms with E-state index < -0.39 is 18.1 Å². The lowest BCUT2D eigenvalue weighted by Crippen LogP contribution is -2.47. The zero-order chi connectivity index (χ0) is 16.9. The average Bonchev–Trinajstić information content (AvgIpc) is 2.45. The van der Waals surface area contributed by atoms with Gasteiger partial charge in [-0.2, -0.15) is 13.2 Å². The van der Waals surface area contributed by atoms with E-state index in [2.05, 4.69) is 6.58 Å². The molecule has 1 rings (SSSR count). The summed E-state index contributed by atoms with van der Waals surface area (Å²) < 4.78 is 43.7. The number of carbonyl (C=O) groups is 1. The van der Waals surface area contributed by atoms with E-state index in [1.165, 1.54) is 37.5 Å². The summed E-state index contributed by atoms with van der Waals surface area (Å²) in [6.45, 7) is 7.32. The number of hydrogen-bond acceptors (Lipinski definition) is 2. The number of carbonyl (C=O) groups excluding carboxylic acids is 1. The molecule has 6 heteroatoms. The molecular weight excluding hydrogens is 295 g/mol. The van der Waals surface area contributed by atoms with Crippen LogP contribution in [0.3, 0.4) is 0 Å². The Hall–Kier alpha value is -1.98. The summed E-state index contributed by atoms with van der Waals surface area (Å²) in [5, 5.41) is 0. The molecule has 0 fully saturated rings. The summed E-state index contributed by atoms with van der Waals surface area (Å²) in [4.78, 5) is 12.6. The fourth-order valence-corrected chi connectivity index (χ4v) is 2.13. The number of nitrogens with zero attached hydrogens (tertiary/aromatic N) is 1.